The smallest absolute Gasteiger partial charge is 0.271 e. The molecule has 0 radical (unpaired) electrons. The van der Waals surface area contributed by atoms with Gasteiger partial charge in [0.25, 0.3) is 5.91 Å². The molecule has 8 nitrogen and oxygen atoms in total. The normalized spacial score (nSPS) is 11.0. The van der Waals surface area contributed by atoms with Gasteiger partial charge in [0.1, 0.15) is 18.1 Å². The van der Waals surface area contributed by atoms with Gasteiger partial charge in [0.05, 0.1) is 28.1 Å². The van der Waals surface area contributed by atoms with Crippen LogP contribution in [0.5, 0.6) is 5.75 Å². The summed E-state index contributed by atoms with van der Waals surface area (Å²) in [4.78, 5) is 16.0. The van der Waals surface area contributed by atoms with E-state index in [1.54, 1.807) is 41.2 Å². The highest BCUT2D eigenvalue weighted by molar-refractivity contribution is 6.36. The van der Waals surface area contributed by atoms with E-state index in [4.69, 9.17) is 39.5 Å². The van der Waals surface area contributed by atoms with Gasteiger partial charge in [-0.05, 0) is 36.4 Å². The van der Waals surface area contributed by atoms with Crippen molar-refractivity contribution in [1.29, 1.82) is 0 Å². The SMILES string of the molecule is O=C(N/N=C/c1cc(Cl)cc(Cl)c1OCc1cn(-c2ccccc2Cl)nn1)c1ccncc1. The van der Waals surface area contributed by atoms with Crippen molar-refractivity contribution in [3.63, 3.8) is 0 Å². The van der Waals surface area contributed by atoms with E-state index in [1.807, 2.05) is 18.2 Å². The monoisotopic (exact) mass is 500 g/mol. The van der Waals surface area contributed by atoms with Crippen LogP contribution in [0.2, 0.25) is 15.1 Å². The molecular formula is C22H15Cl3N6O2. The Hall–Kier alpha value is -3.46. The first-order valence-corrected chi connectivity index (χ1v) is 10.7. The Morgan fingerprint density at radius 2 is 1.88 bits per heavy atom. The fourth-order valence-corrected chi connectivity index (χ4v) is 3.61. The van der Waals surface area contributed by atoms with Crippen molar-refractivity contribution in [2.75, 3.05) is 0 Å². The first kappa shape index (κ1) is 22.7. The van der Waals surface area contributed by atoms with Gasteiger partial charge >= 0.3 is 0 Å². The molecule has 0 spiro atoms. The second-order valence-corrected chi connectivity index (χ2v) is 7.89. The summed E-state index contributed by atoms with van der Waals surface area (Å²) in [5.74, 6) is -0.0595. The zero-order valence-electron chi connectivity index (χ0n) is 16.8. The molecule has 0 aliphatic rings. The van der Waals surface area contributed by atoms with E-state index in [9.17, 15) is 4.79 Å². The third-order valence-corrected chi connectivity index (χ3v) is 5.17. The zero-order chi connectivity index (χ0) is 23.2. The summed E-state index contributed by atoms with van der Waals surface area (Å²) in [7, 11) is 0. The molecule has 1 amide bonds. The molecule has 0 bridgehead atoms. The van der Waals surface area contributed by atoms with E-state index >= 15 is 0 Å². The maximum atomic E-state index is 12.1. The van der Waals surface area contributed by atoms with Gasteiger partial charge < -0.3 is 4.74 Å². The number of nitrogens with zero attached hydrogens (tertiary/aromatic N) is 5. The molecule has 0 fully saturated rings. The van der Waals surface area contributed by atoms with Gasteiger partial charge in [-0.2, -0.15) is 5.10 Å². The highest BCUT2D eigenvalue weighted by Gasteiger charge is 2.13. The van der Waals surface area contributed by atoms with Gasteiger partial charge in [0.2, 0.25) is 0 Å². The minimum atomic E-state index is -0.388. The molecule has 33 heavy (non-hydrogen) atoms. The third kappa shape index (κ3) is 5.67. The molecule has 4 rings (SSSR count). The fourth-order valence-electron chi connectivity index (χ4n) is 2.82. The highest BCUT2D eigenvalue weighted by atomic mass is 35.5. The first-order chi connectivity index (χ1) is 16.0. The number of carbonyl (C=O) groups is 1. The summed E-state index contributed by atoms with van der Waals surface area (Å²) < 4.78 is 7.44. The summed E-state index contributed by atoms with van der Waals surface area (Å²) in [6.45, 7) is 0.0794. The molecule has 166 valence electrons. The first-order valence-electron chi connectivity index (χ1n) is 9.52. The predicted molar refractivity (Wildman–Crippen MR) is 126 cm³/mol. The molecule has 0 aliphatic carbocycles. The van der Waals surface area contributed by atoms with Crippen molar-refractivity contribution in [1.82, 2.24) is 25.4 Å². The second-order valence-electron chi connectivity index (χ2n) is 6.64. The van der Waals surface area contributed by atoms with Crippen LogP contribution in [-0.2, 0) is 6.61 Å². The highest BCUT2D eigenvalue weighted by Crippen LogP contribution is 2.32. The number of carbonyl (C=O) groups excluding carboxylic acids is 1. The van der Waals surface area contributed by atoms with Crippen LogP contribution in [0.4, 0.5) is 0 Å². The Morgan fingerprint density at radius 1 is 1.09 bits per heavy atom. The minimum Gasteiger partial charge on any atom is -0.485 e. The minimum absolute atomic E-state index is 0.0794. The van der Waals surface area contributed by atoms with E-state index in [2.05, 4.69) is 25.8 Å². The van der Waals surface area contributed by atoms with Crippen molar-refractivity contribution < 1.29 is 9.53 Å². The second kappa shape index (κ2) is 10.4. The lowest BCUT2D eigenvalue weighted by Gasteiger charge is -2.10. The molecule has 4 aromatic rings. The van der Waals surface area contributed by atoms with Crippen LogP contribution >= 0.6 is 34.8 Å². The van der Waals surface area contributed by atoms with Gasteiger partial charge in [0, 0.05) is 28.5 Å². The number of nitrogens with one attached hydrogen (secondary N) is 1. The molecule has 0 unspecified atom stereocenters. The number of hydrogen-bond acceptors (Lipinski definition) is 6. The Labute approximate surface area is 203 Å². The van der Waals surface area contributed by atoms with Crippen LogP contribution in [0.3, 0.4) is 0 Å². The van der Waals surface area contributed by atoms with Crippen molar-refractivity contribution in [2.24, 2.45) is 5.10 Å². The molecule has 2 aromatic carbocycles. The zero-order valence-corrected chi connectivity index (χ0v) is 19.1. The third-order valence-electron chi connectivity index (χ3n) is 4.35. The van der Waals surface area contributed by atoms with E-state index in [1.165, 1.54) is 18.6 Å². The molecule has 11 heteroatoms. The number of ether oxygens (including phenoxy) is 1. The topological polar surface area (TPSA) is 94.3 Å². The quantitative estimate of drug-likeness (QED) is 0.285. The maximum absolute atomic E-state index is 12.1. The molecule has 0 atom stereocenters. The van der Waals surface area contributed by atoms with Crippen LogP contribution in [0.1, 0.15) is 21.6 Å². The van der Waals surface area contributed by atoms with Crippen LogP contribution in [0.25, 0.3) is 5.69 Å². The largest absolute Gasteiger partial charge is 0.485 e. The molecule has 2 aromatic heterocycles. The van der Waals surface area contributed by atoms with E-state index in [-0.39, 0.29) is 17.5 Å². The number of hydrogen-bond donors (Lipinski definition) is 1. The average molecular weight is 502 g/mol. The van der Waals surface area contributed by atoms with Gasteiger partial charge in [-0.1, -0.05) is 52.1 Å². The van der Waals surface area contributed by atoms with Gasteiger partial charge in [-0.25, -0.2) is 10.1 Å². The molecule has 2 heterocycles. The number of benzene rings is 2. The molecule has 0 saturated carbocycles. The van der Waals surface area contributed by atoms with E-state index in [0.717, 1.165) is 0 Å². The Morgan fingerprint density at radius 3 is 2.67 bits per heavy atom. The number of amides is 1. The number of rotatable bonds is 7. The van der Waals surface area contributed by atoms with Gasteiger partial charge in [0.15, 0.2) is 0 Å². The average Bonchev–Trinajstić information content (AvgIpc) is 3.28. The Kier molecular flexibility index (Phi) is 7.19. The van der Waals surface area contributed by atoms with E-state index in [0.29, 0.717) is 38.3 Å². The van der Waals surface area contributed by atoms with Crippen LogP contribution < -0.4 is 10.2 Å². The van der Waals surface area contributed by atoms with Crippen molar-refractivity contribution in [2.45, 2.75) is 6.61 Å². The predicted octanol–water partition coefficient (Wildman–Crippen LogP) is 4.97. The standard InChI is InChI=1S/C22H15Cl3N6O2/c23-16-9-15(11-27-29-22(32)14-5-7-26-8-6-14)21(19(25)10-16)33-13-17-12-31(30-28-17)20-4-2-1-3-18(20)24/h1-12H,13H2,(H,29,32)/b27-11+. The molecule has 1 N–H and O–H groups in total. The number of para-hydroxylation sites is 1. The number of pyridine rings is 1. The number of aromatic nitrogens is 4. The lowest BCUT2D eigenvalue weighted by atomic mass is 10.2. The molecule has 0 saturated heterocycles. The fraction of sp³-hybridized carbons (Fsp3) is 0.0455. The Balaban J connectivity index is 1.48. The summed E-state index contributed by atoms with van der Waals surface area (Å²) in [6.07, 6.45) is 6.13. The van der Waals surface area contributed by atoms with Crippen LogP contribution in [-0.4, -0.2) is 32.1 Å². The maximum Gasteiger partial charge on any atom is 0.271 e. The van der Waals surface area contributed by atoms with E-state index < -0.39 is 0 Å². The molecular weight excluding hydrogens is 487 g/mol. The van der Waals surface area contributed by atoms with Crippen LogP contribution in [0, 0.1) is 0 Å². The Bertz CT molecular complexity index is 1310. The summed E-state index contributed by atoms with van der Waals surface area (Å²) in [5.41, 5.74) is 4.58. The molecule has 0 aliphatic heterocycles. The number of hydrazone groups is 1. The van der Waals surface area contributed by atoms with Gasteiger partial charge in [-0.15, -0.1) is 5.10 Å². The number of halogens is 3. The van der Waals surface area contributed by atoms with Crippen LogP contribution in [0.15, 0.2) is 72.2 Å². The lowest BCUT2D eigenvalue weighted by Crippen LogP contribution is -2.17. The summed E-state index contributed by atoms with van der Waals surface area (Å²) >= 11 is 18.7. The van der Waals surface area contributed by atoms with Gasteiger partial charge in [-0.3, -0.25) is 9.78 Å². The summed E-state index contributed by atoms with van der Waals surface area (Å²) in [6, 6.07) is 13.6. The van der Waals surface area contributed by atoms with Crippen molar-refractivity contribution in [3.8, 4) is 11.4 Å². The van der Waals surface area contributed by atoms with Crippen molar-refractivity contribution in [3.05, 3.63) is 99.0 Å². The summed E-state index contributed by atoms with van der Waals surface area (Å²) in [5, 5.41) is 13.4. The lowest BCUT2D eigenvalue weighted by molar-refractivity contribution is 0.0955. The van der Waals surface area contributed by atoms with Crippen molar-refractivity contribution >= 4 is 46.9 Å².